The van der Waals surface area contributed by atoms with Crippen molar-refractivity contribution < 1.29 is 27.5 Å². The van der Waals surface area contributed by atoms with E-state index in [4.69, 9.17) is 4.74 Å². The Morgan fingerprint density at radius 2 is 1.69 bits per heavy atom. The Labute approximate surface area is 221 Å². The first-order valence-corrected chi connectivity index (χ1v) is 13.0. The third kappa shape index (κ3) is 3.76. The molecule has 7 nitrogen and oxygen atoms in total. The Hall–Kier alpha value is -4.08. The molecule has 5 atom stereocenters. The first kappa shape index (κ1) is 24.0. The highest BCUT2D eigenvalue weighted by Crippen LogP contribution is 2.64. The predicted molar refractivity (Wildman–Crippen MR) is 132 cm³/mol. The topological polar surface area (TPSA) is 80.6 Å². The monoisotopic (exact) mass is 535 g/mol. The maximum absolute atomic E-state index is 14.1. The molecule has 4 aliphatic rings. The van der Waals surface area contributed by atoms with Crippen molar-refractivity contribution in [3.05, 3.63) is 98.7 Å². The number of nitrogens with zero attached hydrogens (tertiary/aromatic N) is 2. The van der Waals surface area contributed by atoms with Gasteiger partial charge in [0.15, 0.2) is 11.4 Å². The second kappa shape index (κ2) is 8.72. The Balaban J connectivity index is 1.24. The van der Waals surface area contributed by atoms with Gasteiger partial charge in [0.2, 0.25) is 5.43 Å². The summed E-state index contributed by atoms with van der Waals surface area (Å²) in [6, 6.07) is 10.3. The standard InChI is InChI=1S/C29H24F3N3O4/c30-15-6-21(31)19(22(32)7-15)10-33-28(37)20-11-34-12-24-18-9-23(17-8-16(17)18)35(24)29(38)25(34)27(26(20)36)39-13-14-4-2-1-3-5-14/h1-7,11,16-18,23-24H,8-10,12-13H2,(H,33,37)/t16-,17+,18?,23?,24+/m1/s1. The third-order valence-electron chi connectivity index (χ3n) is 8.72. The number of amides is 2. The molecule has 3 heterocycles. The summed E-state index contributed by atoms with van der Waals surface area (Å²) in [7, 11) is 0. The molecule has 2 aromatic carbocycles. The molecule has 7 rings (SSSR count). The summed E-state index contributed by atoms with van der Waals surface area (Å²) in [4.78, 5) is 42.5. The molecule has 2 unspecified atom stereocenters. The molecule has 39 heavy (non-hydrogen) atoms. The second-order valence-corrected chi connectivity index (χ2v) is 10.8. The number of nitrogens with one attached hydrogen (secondary N) is 1. The minimum absolute atomic E-state index is 0.00756. The summed E-state index contributed by atoms with van der Waals surface area (Å²) in [5, 5.41) is 2.36. The molecule has 3 fully saturated rings. The first-order valence-electron chi connectivity index (χ1n) is 13.0. The Morgan fingerprint density at radius 1 is 0.974 bits per heavy atom. The molecule has 2 aliphatic heterocycles. The van der Waals surface area contributed by atoms with Crippen molar-refractivity contribution in [2.24, 2.45) is 17.8 Å². The largest absolute Gasteiger partial charge is 0.483 e. The number of benzene rings is 2. The van der Waals surface area contributed by atoms with Crippen LogP contribution in [0.4, 0.5) is 13.2 Å². The van der Waals surface area contributed by atoms with Gasteiger partial charge in [-0.2, -0.15) is 0 Å². The summed E-state index contributed by atoms with van der Waals surface area (Å²) >= 11 is 0. The van der Waals surface area contributed by atoms with Crippen LogP contribution in [0.2, 0.25) is 0 Å². The van der Waals surface area contributed by atoms with Crippen LogP contribution in [0.25, 0.3) is 0 Å². The van der Waals surface area contributed by atoms with E-state index < -0.39 is 40.9 Å². The summed E-state index contributed by atoms with van der Waals surface area (Å²) < 4.78 is 49.1. The van der Waals surface area contributed by atoms with E-state index in [9.17, 15) is 27.6 Å². The highest BCUT2D eigenvalue weighted by molar-refractivity contribution is 5.99. The van der Waals surface area contributed by atoms with E-state index in [1.54, 1.807) is 4.57 Å². The van der Waals surface area contributed by atoms with Gasteiger partial charge in [0.05, 0.1) is 6.04 Å². The van der Waals surface area contributed by atoms with Gasteiger partial charge >= 0.3 is 0 Å². The fourth-order valence-electron chi connectivity index (χ4n) is 6.90. The number of carbonyl (C=O) groups is 2. The SMILES string of the molecule is O=C(NCc1c(F)cc(F)cc1F)c1cn2c(c(OCc3ccccc3)c1=O)C(=O)N1C3CC([C@@H]4C[C@H]34)[C@@H]1C2. The van der Waals surface area contributed by atoms with E-state index in [1.807, 2.05) is 35.2 Å². The molecule has 1 saturated heterocycles. The van der Waals surface area contributed by atoms with Gasteiger partial charge in [0.1, 0.15) is 29.6 Å². The summed E-state index contributed by atoms with van der Waals surface area (Å²) in [5.74, 6) is -3.20. The van der Waals surface area contributed by atoms with Crippen LogP contribution < -0.4 is 15.5 Å². The van der Waals surface area contributed by atoms with Crippen LogP contribution in [0.1, 0.15) is 44.8 Å². The fourth-order valence-corrected chi connectivity index (χ4v) is 6.90. The summed E-state index contributed by atoms with van der Waals surface area (Å²) in [5.41, 5.74) is -0.733. The lowest BCUT2D eigenvalue weighted by atomic mass is 9.94. The number of carbonyl (C=O) groups excluding carboxylic acids is 2. The van der Waals surface area contributed by atoms with Crippen LogP contribution in [0.15, 0.2) is 53.5 Å². The van der Waals surface area contributed by atoms with Crippen LogP contribution >= 0.6 is 0 Å². The second-order valence-electron chi connectivity index (χ2n) is 10.8. The van der Waals surface area contributed by atoms with Gasteiger partial charge in [-0.25, -0.2) is 13.2 Å². The van der Waals surface area contributed by atoms with Crippen molar-refractivity contribution in [1.82, 2.24) is 14.8 Å². The third-order valence-corrected chi connectivity index (χ3v) is 8.72. The molecule has 2 amide bonds. The normalized spacial score (nSPS) is 25.7. The molecule has 2 bridgehead atoms. The van der Waals surface area contributed by atoms with Gasteiger partial charge in [0.25, 0.3) is 11.8 Å². The molecule has 0 radical (unpaired) electrons. The number of aromatic nitrogens is 1. The Bertz CT molecular complexity index is 1570. The Morgan fingerprint density at radius 3 is 2.44 bits per heavy atom. The van der Waals surface area contributed by atoms with E-state index in [1.165, 1.54) is 6.20 Å². The zero-order valence-electron chi connectivity index (χ0n) is 20.7. The zero-order valence-corrected chi connectivity index (χ0v) is 20.7. The predicted octanol–water partition coefficient (Wildman–Crippen LogP) is 3.64. The molecule has 10 heteroatoms. The van der Waals surface area contributed by atoms with Crippen molar-refractivity contribution in [1.29, 1.82) is 0 Å². The van der Waals surface area contributed by atoms with E-state index in [0.717, 1.165) is 18.4 Å². The molecular formula is C29H24F3N3O4. The Kier molecular flexibility index (Phi) is 5.37. The molecule has 1 N–H and O–H groups in total. The summed E-state index contributed by atoms with van der Waals surface area (Å²) in [6.45, 7) is -0.164. The van der Waals surface area contributed by atoms with Gasteiger partial charge in [0, 0.05) is 43.0 Å². The fraction of sp³-hybridized carbons (Fsp3) is 0.345. The van der Waals surface area contributed by atoms with Gasteiger partial charge in [-0.15, -0.1) is 0 Å². The van der Waals surface area contributed by atoms with E-state index in [0.29, 0.717) is 36.4 Å². The van der Waals surface area contributed by atoms with Crippen LogP contribution in [0.3, 0.4) is 0 Å². The lowest BCUT2D eigenvalue weighted by Crippen LogP contribution is -2.53. The highest BCUT2D eigenvalue weighted by Gasteiger charge is 2.66. The number of ether oxygens (including phenoxy) is 1. The molecule has 1 aromatic heterocycles. The minimum atomic E-state index is -1.15. The lowest BCUT2D eigenvalue weighted by Gasteiger charge is -2.40. The number of piperidine rings is 1. The van der Waals surface area contributed by atoms with Crippen molar-refractivity contribution in [3.8, 4) is 5.75 Å². The summed E-state index contributed by atoms with van der Waals surface area (Å²) in [6.07, 6.45) is 3.41. The molecule has 0 spiro atoms. The quantitative estimate of drug-likeness (QED) is 0.523. The van der Waals surface area contributed by atoms with Crippen LogP contribution in [-0.4, -0.2) is 33.4 Å². The van der Waals surface area contributed by atoms with Crippen molar-refractivity contribution >= 4 is 11.8 Å². The van der Waals surface area contributed by atoms with Gasteiger partial charge < -0.3 is 19.5 Å². The highest BCUT2D eigenvalue weighted by atomic mass is 19.1. The average molecular weight is 536 g/mol. The van der Waals surface area contributed by atoms with Crippen molar-refractivity contribution in [2.45, 2.75) is 44.6 Å². The smallest absolute Gasteiger partial charge is 0.275 e. The maximum Gasteiger partial charge on any atom is 0.275 e. The zero-order chi connectivity index (χ0) is 27.0. The molecule has 200 valence electrons. The number of fused-ring (bicyclic) bond motifs is 9. The average Bonchev–Trinajstić information content (AvgIpc) is 3.52. The van der Waals surface area contributed by atoms with E-state index in [2.05, 4.69) is 5.32 Å². The van der Waals surface area contributed by atoms with Crippen LogP contribution in [0.5, 0.6) is 5.75 Å². The van der Waals surface area contributed by atoms with E-state index in [-0.39, 0.29) is 41.6 Å². The van der Waals surface area contributed by atoms with Crippen LogP contribution in [-0.2, 0) is 19.7 Å². The van der Waals surface area contributed by atoms with Gasteiger partial charge in [-0.1, -0.05) is 30.3 Å². The van der Waals surface area contributed by atoms with Gasteiger partial charge in [-0.05, 0) is 36.2 Å². The molecule has 2 saturated carbocycles. The maximum atomic E-state index is 14.1. The molecule has 3 aromatic rings. The molecular weight excluding hydrogens is 511 g/mol. The van der Waals surface area contributed by atoms with E-state index >= 15 is 0 Å². The van der Waals surface area contributed by atoms with Crippen LogP contribution in [0, 0.1) is 35.2 Å². The number of hydrogen-bond acceptors (Lipinski definition) is 4. The molecule has 2 aliphatic carbocycles. The number of rotatable bonds is 6. The first-order chi connectivity index (χ1) is 18.8. The van der Waals surface area contributed by atoms with Gasteiger partial charge in [-0.3, -0.25) is 14.4 Å². The minimum Gasteiger partial charge on any atom is -0.483 e. The lowest BCUT2D eigenvalue weighted by molar-refractivity contribution is 0.0462. The number of halogens is 3. The number of pyridine rings is 1. The van der Waals surface area contributed by atoms with Crippen molar-refractivity contribution in [2.75, 3.05) is 0 Å². The van der Waals surface area contributed by atoms with Crippen molar-refractivity contribution in [3.63, 3.8) is 0 Å². The number of hydrogen-bond donors (Lipinski definition) is 1.